The molecule has 1 aliphatic heterocycles. The average Bonchev–Trinajstić information content (AvgIpc) is 2.72. The molecular formula is C10H15NOS. The van der Waals surface area contributed by atoms with Crippen LogP contribution in [-0.2, 0) is 0 Å². The van der Waals surface area contributed by atoms with Crippen molar-refractivity contribution in [3.05, 3.63) is 23.7 Å². The predicted octanol–water partition coefficient (Wildman–Crippen LogP) is 2.48. The van der Waals surface area contributed by atoms with E-state index in [4.69, 9.17) is 10.2 Å². The van der Waals surface area contributed by atoms with Crippen molar-refractivity contribution in [2.45, 2.75) is 31.1 Å². The van der Waals surface area contributed by atoms with Crippen molar-refractivity contribution < 1.29 is 4.42 Å². The van der Waals surface area contributed by atoms with Crippen LogP contribution < -0.4 is 5.73 Å². The highest BCUT2D eigenvalue weighted by molar-refractivity contribution is 8.00. The zero-order chi connectivity index (χ0) is 9.26. The summed E-state index contributed by atoms with van der Waals surface area (Å²) in [6.45, 7) is 1.96. The van der Waals surface area contributed by atoms with E-state index in [-0.39, 0.29) is 6.04 Å². The smallest absolute Gasteiger partial charge is 0.121 e. The van der Waals surface area contributed by atoms with E-state index in [1.54, 1.807) is 0 Å². The summed E-state index contributed by atoms with van der Waals surface area (Å²) in [6, 6.07) is 4.06. The number of hydrogen-bond donors (Lipinski definition) is 1. The molecule has 1 aromatic rings. The molecule has 1 aliphatic rings. The Bertz CT molecular complexity index is 278. The standard InChI is InChI=1S/C10H15NOS/c1-7-4-5-8(12-7)10(11)9-3-2-6-13-9/h4-5,9-10H,2-3,6,11H2,1H3/t9-,10+/m0/s1. The molecule has 0 aliphatic carbocycles. The Morgan fingerprint density at radius 3 is 3.00 bits per heavy atom. The van der Waals surface area contributed by atoms with Crippen LogP contribution in [0.15, 0.2) is 16.5 Å². The van der Waals surface area contributed by atoms with E-state index in [9.17, 15) is 0 Å². The normalized spacial score (nSPS) is 24.9. The summed E-state index contributed by atoms with van der Waals surface area (Å²) < 4.78 is 5.52. The van der Waals surface area contributed by atoms with Crippen LogP contribution in [0.5, 0.6) is 0 Å². The first-order valence-electron chi connectivity index (χ1n) is 4.71. The molecule has 0 bridgehead atoms. The third kappa shape index (κ3) is 1.92. The van der Waals surface area contributed by atoms with E-state index in [0.717, 1.165) is 11.5 Å². The van der Waals surface area contributed by atoms with Crippen LogP contribution in [-0.4, -0.2) is 11.0 Å². The summed E-state index contributed by atoms with van der Waals surface area (Å²) in [5, 5.41) is 0.561. The zero-order valence-electron chi connectivity index (χ0n) is 7.82. The quantitative estimate of drug-likeness (QED) is 0.791. The van der Waals surface area contributed by atoms with Crippen molar-refractivity contribution in [1.82, 2.24) is 0 Å². The molecule has 1 aromatic heterocycles. The molecule has 2 heterocycles. The topological polar surface area (TPSA) is 39.2 Å². The van der Waals surface area contributed by atoms with Gasteiger partial charge in [0.2, 0.25) is 0 Å². The van der Waals surface area contributed by atoms with Gasteiger partial charge >= 0.3 is 0 Å². The summed E-state index contributed by atoms with van der Waals surface area (Å²) in [6.07, 6.45) is 2.52. The van der Waals surface area contributed by atoms with Crippen LogP contribution in [0.4, 0.5) is 0 Å². The van der Waals surface area contributed by atoms with Crippen LogP contribution in [0.25, 0.3) is 0 Å². The van der Waals surface area contributed by atoms with E-state index in [1.165, 1.54) is 18.6 Å². The molecule has 0 radical (unpaired) electrons. The Morgan fingerprint density at radius 2 is 2.46 bits per heavy atom. The molecule has 0 amide bonds. The van der Waals surface area contributed by atoms with Crippen molar-refractivity contribution in [2.24, 2.45) is 5.73 Å². The Hall–Kier alpha value is -0.410. The number of rotatable bonds is 2. The molecule has 1 saturated heterocycles. The molecule has 3 heteroatoms. The second kappa shape index (κ2) is 3.76. The van der Waals surface area contributed by atoms with Crippen LogP contribution >= 0.6 is 11.8 Å². The summed E-state index contributed by atoms with van der Waals surface area (Å²) in [4.78, 5) is 0. The van der Waals surface area contributed by atoms with E-state index >= 15 is 0 Å². The molecule has 2 nitrogen and oxygen atoms in total. The minimum atomic E-state index is 0.0844. The van der Waals surface area contributed by atoms with Crippen molar-refractivity contribution in [2.75, 3.05) is 5.75 Å². The highest BCUT2D eigenvalue weighted by Crippen LogP contribution is 2.34. The minimum absolute atomic E-state index is 0.0844. The third-order valence-corrected chi connectivity index (χ3v) is 3.94. The molecular weight excluding hydrogens is 182 g/mol. The lowest BCUT2D eigenvalue weighted by atomic mass is 10.1. The van der Waals surface area contributed by atoms with Gasteiger partial charge in [0, 0.05) is 5.25 Å². The highest BCUT2D eigenvalue weighted by atomic mass is 32.2. The third-order valence-electron chi connectivity index (χ3n) is 2.46. The van der Waals surface area contributed by atoms with Gasteiger partial charge in [-0.15, -0.1) is 0 Å². The minimum Gasteiger partial charge on any atom is -0.465 e. The molecule has 0 aromatic carbocycles. The molecule has 0 saturated carbocycles. The van der Waals surface area contributed by atoms with Crippen molar-refractivity contribution in [3.63, 3.8) is 0 Å². The Morgan fingerprint density at radius 1 is 1.62 bits per heavy atom. The van der Waals surface area contributed by atoms with Gasteiger partial charge in [0.1, 0.15) is 11.5 Å². The molecule has 2 atom stereocenters. The second-order valence-corrected chi connectivity index (χ2v) is 4.87. The first-order chi connectivity index (χ1) is 6.27. The average molecular weight is 197 g/mol. The van der Waals surface area contributed by atoms with Crippen molar-refractivity contribution in [3.8, 4) is 0 Å². The molecule has 0 unspecified atom stereocenters. The zero-order valence-corrected chi connectivity index (χ0v) is 8.64. The number of furan rings is 1. The van der Waals surface area contributed by atoms with Gasteiger partial charge in [-0.3, -0.25) is 0 Å². The lowest BCUT2D eigenvalue weighted by Gasteiger charge is -2.15. The predicted molar refractivity (Wildman–Crippen MR) is 55.9 cm³/mol. The number of nitrogens with two attached hydrogens (primary N) is 1. The summed E-state index contributed by atoms with van der Waals surface area (Å²) in [5.41, 5.74) is 6.10. The first kappa shape index (κ1) is 9.16. The van der Waals surface area contributed by atoms with Gasteiger partial charge in [-0.2, -0.15) is 11.8 Å². The Balaban J connectivity index is 2.07. The fraction of sp³-hybridized carbons (Fsp3) is 0.600. The van der Waals surface area contributed by atoms with Crippen LogP contribution in [0.2, 0.25) is 0 Å². The van der Waals surface area contributed by atoms with Crippen LogP contribution in [0.1, 0.15) is 30.4 Å². The SMILES string of the molecule is Cc1ccc([C@@H](N)[C@@H]2CCCS2)o1. The Kier molecular flexibility index (Phi) is 2.65. The monoisotopic (exact) mass is 197 g/mol. The second-order valence-electron chi connectivity index (χ2n) is 3.53. The van der Waals surface area contributed by atoms with E-state index in [0.29, 0.717) is 5.25 Å². The molecule has 13 heavy (non-hydrogen) atoms. The molecule has 0 spiro atoms. The van der Waals surface area contributed by atoms with Gasteiger partial charge in [-0.05, 0) is 37.7 Å². The fourth-order valence-corrected chi connectivity index (χ4v) is 3.01. The first-order valence-corrected chi connectivity index (χ1v) is 5.76. The van der Waals surface area contributed by atoms with Gasteiger partial charge < -0.3 is 10.2 Å². The summed E-state index contributed by atoms with van der Waals surface area (Å²) in [7, 11) is 0. The molecule has 2 rings (SSSR count). The van der Waals surface area contributed by atoms with Gasteiger partial charge in [-0.25, -0.2) is 0 Å². The maximum absolute atomic E-state index is 6.10. The molecule has 72 valence electrons. The summed E-state index contributed by atoms with van der Waals surface area (Å²) >= 11 is 1.97. The van der Waals surface area contributed by atoms with E-state index in [2.05, 4.69) is 0 Å². The van der Waals surface area contributed by atoms with Gasteiger partial charge in [0.05, 0.1) is 6.04 Å². The lowest BCUT2D eigenvalue weighted by Crippen LogP contribution is -2.20. The fourth-order valence-electron chi connectivity index (χ4n) is 1.70. The maximum atomic E-state index is 6.10. The number of aryl methyl sites for hydroxylation is 1. The number of thioether (sulfide) groups is 1. The van der Waals surface area contributed by atoms with E-state index < -0.39 is 0 Å². The molecule has 1 fully saturated rings. The molecule has 2 N–H and O–H groups in total. The Labute approximate surface area is 82.9 Å². The van der Waals surface area contributed by atoms with E-state index in [1.807, 2.05) is 30.8 Å². The summed E-state index contributed by atoms with van der Waals surface area (Å²) in [5.74, 6) is 3.14. The largest absolute Gasteiger partial charge is 0.465 e. The number of hydrogen-bond acceptors (Lipinski definition) is 3. The van der Waals surface area contributed by atoms with Gasteiger partial charge in [0.25, 0.3) is 0 Å². The van der Waals surface area contributed by atoms with Gasteiger partial charge in [0.15, 0.2) is 0 Å². The lowest BCUT2D eigenvalue weighted by molar-refractivity contribution is 0.437. The highest BCUT2D eigenvalue weighted by Gasteiger charge is 2.25. The van der Waals surface area contributed by atoms with Crippen molar-refractivity contribution in [1.29, 1.82) is 0 Å². The maximum Gasteiger partial charge on any atom is 0.121 e. The van der Waals surface area contributed by atoms with Crippen LogP contribution in [0.3, 0.4) is 0 Å². The van der Waals surface area contributed by atoms with Gasteiger partial charge in [-0.1, -0.05) is 0 Å². The van der Waals surface area contributed by atoms with Crippen molar-refractivity contribution >= 4 is 11.8 Å². The van der Waals surface area contributed by atoms with Crippen LogP contribution in [0, 0.1) is 6.92 Å².